The van der Waals surface area contributed by atoms with Gasteiger partial charge in [0.1, 0.15) is 0 Å². The Balaban J connectivity index is 1.82. The zero-order chi connectivity index (χ0) is 19.5. The van der Waals surface area contributed by atoms with Crippen molar-refractivity contribution in [1.29, 1.82) is 0 Å². The number of hydrogen-bond donors (Lipinski definition) is 2. The summed E-state index contributed by atoms with van der Waals surface area (Å²) in [5.74, 6) is -0.151. The molecule has 0 aromatic heterocycles. The zero-order valence-corrected chi connectivity index (χ0v) is 17.6. The van der Waals surface area contributed by atoms with Gasteiger partial charge in [-0.05, 0) is 56.1 Å². The predicted octanol–water partition coefficient (Wildman–Crippen LogP) is 4.74. The van der Waals surface area contributed by atoms with Crippen LogP contribution < -0.4 is 15.5 Å². The smallest absolute Gasteiger partial charge is 0.305 e. The molecule has 1 aliphatic heterocycles. The highest BCUT2D eigenvalue weighted by Gasteiger charge is 2.14. The van der Waals surface area contributed by atoms with Gasteiger partial charge in [-0.25, -0.2) is 0 Å². The number of thiocarbonyl (C=S) groups is 1. The van der Waals surface area contributed by atoms with E-state index in [1.165, 1.54) is 32.8 Å². The first-order valence-electron chi connectivity index (χ1n) is 9.76. The average Bonchev–Trinajstić information content (AvgIpc) is 2.93. The van der Waals surface area contributed by atoms with Gasteiger partial charge in [0.15, 0.2) is 5.11 Å². The van der Waals surface area contributed by atoms with Gasteiger partial charge in [0.25, 0.3) is 0 Å². The lowest BCUT2D eigenvalue weighted by atomic mass is 10.2. The number of hydrogen-bond acceptors (Lipinski definition) is 4. The molecule has 0 atom stereocenters. The van der Waals surface area contributed by atoms with Crippen LogP contribution in [0.1, 0.15) is 51.4 Å². The molecule has 5 nitrogen and oxygen atoms in total. The molecule has 1 aromatic rings. The summed E-state index contributed by atoms with van der Waals surface area (Å²) >= 11 is 11.7. The van der Waals surface area contributed by atoms with Crippen molar-refractivity contribution in [3.63, 3.8) is 0 Å². The molecule has 27 heavy (non-hydrogen) atoms. The molecule has 2 rings (SSSR count). The van der Waals surface area contributed by atoms with Crippen molar-refractivity contribution in [2.75, 3.05) is 37.0 Å². The lowest BCUT2D eigenvalue weighted by Gasteiger charge is -2.26. The molecular formula is C20H30ClN3O2S. The number of rotatable bonds is 8. The molecule has 0 amide bonds. The lowest BCUT2D eigenvalue weighted by Crippen LogP contribution is -2.31. The molecule has 1 aliphatic rings. The summed E-state index contributed by atoms with van der Waals surface area (Å²) in [5, 5.41) is 7.84. The van der Waals surface area contributed by atoms with Gasteiger partial charge in [-0.2, -0.15) is 0 Å². The summed E-state index contributed by atoms with van der Waals surface area (Å²) < 4.78 is 4.64. The van der Waals surface area contributed by atoms with Crippen LogP contribution in [0.2, 0.25) is 5.02 Å². The second-order valence-electron chi connectivity index (χ2n) is 6.83. The molecule has 0 spiro atoms. The number of unbranched alkanes of at least 4 members (excludes halogenated alkanes) is 2. The number of ether oxygens (including phenoxy) is 1. The Morgan fingerprint density at radius 1 is 1.19 bits per heavy atom. The molecule has 0 aliphatic carbocycles. The average molecular weight is 412 g/mol. The van der Waals surface area contributed by atoms with Gasteiger partial charge in [0.2, 0.25) is 0 Å². The molecule has 1 saturated heterocycles. The van der Waals surface area contributed by atoms with Gasteiger partial charge in [-0.15, -0.1) is 0 Å². The number of nitrogens with zero attached hydrogens (tertiary/aromatic N) is 1. The first-order chi connectivity index (χ1) is 13.1. The molecule has 0 bridgehead atoms. The monoisotopic (exact) mass is 411 g/mol. The Hall–Kier alpha value is -1.53. The van der Waals surface area contributed by atoms with E-state index in [-0.39, 0.29) is 5.97 Å². The van der Waals surface area contributed by atoms with Crippen LogP contribution in [0.15, 0.2) is 18.2 Å². The molecule has 1 aromatic carbocycles. The number of carbonyl (C=O) groups excluding carboxylic acids is 1. The number of esters is 1. The number of halogens is 1. The van der Waals surface area contributed by atoms with Gasteiger partial charge in [0.05, 0.1) is 18.5 Å². The largest absolute Gasteiger partial charge is 0.469 e. The van der Waals surface area contributed by atoms with E-state index in [0.717, 1.165) is 50.3 Å². The Labute approximate surface area is 172 Å². The highest BCUT2D eigenvalue weighted by atomic mass is 35.5. The molecular weight excluding hydrogens is 382 g/mol. The zero-order valence-electron chi connectivity index (χ0n) is 16.1. The number of benzene rings is 1. The van der Waals surface area contributed by atoms with E-state index in [0.29, 0.717) is 16.6 Å². The van der Waals surface area contributed by atoms with Crippen LogP contribution in [-0.4, -0.2) is 37.8 Å². The van der Waals surface area contributed by atoms with Gasteiger partial charge in [-0.3, -0.25) is 4.79 Å². The van der Waals surface area contributed by atoms with E-state index < -0.39 is 0 Å². The van der Waals surface area contributed by atoms with Crippen molar-refractivity contribution in [2.24, 2.45) is 0 Å². The van der Waals surface area contributed by atoms with Gasteiger partial charge in [0, 0.05) is 31.1 Å². The van der Waals surface area contributed by atoms with E-state index >= 15 is 0 Å². The first-order valence-corrected chi connectivity index (χ1v) is 10.5. The molecule has 0 unspecified atom stereocenters. The second-order valence-corrected chi connectivity index (χ2v) is 7.68. The van der Waals surface area contributed by atoms with Crippen molar-refractivity contribution in [1.82, 2.24) is 5.32 Å². The Bertz CT molecular complexity index is 619. The highest BCUT2D eigenvalue weighted by Crippen LogP contribution is 2.31. The van der Waals surface area contributed by atoms with E-state index in [9.17, 15) is 4.79 Å². The number of nitrogens with one attached hydrogen (secondary N) is 2. The van der Waals surface area contributed by atoms with Crippen molar-refractivity contribution < 1.29 is 9.53 Å². The summed E-state index contributed by atoms with van der Waals surface area (Å²) in [7, 11) is 1.42. The minimum Gasteiger partial charge on any atom is -0.469 e. The number of methoxy groups -OCH3 is 1. The molecule has 1 heterocycles. The fourth-order valence-corrected chi connectivity index (χ4v) is 3.62. The summed E-state index contributed by atoms with van der Waals surface area (Å²) in [5.41, 5.74) is 2.11. The SMILES string of the molecule is COC(=O)CCCCCNC(=S)Nc1cc(Cl)ccc1N1CCCCCC1. The Kier molecular flexibility index (Phi) is 9.70. The van der Waals surface area contributed by atoms with Gasteiger partial charge >= 0.3 is 5.97 Å². The standard InChI is InChI=1S/C20H30ClN3O2S/c1-26-19(25)9-5-4-6-12-22-20(27)23-17-15-16(21)10-11-18(17)24-13-7-2-3-8-14-24/h10-11,15H,2-9,12-14H2,1H3,(H2,22,23,27). The topological polar surface area (TPSA) is 53.6 Å². The predicted molar refractivity (Wildman–Crippen MR) is 117 cm³/mol. The summed E-state index contributed by atoms with van der Waals surface area (Å²) in [4.78, 5) is 13.5. The summed E-state index contributed by atoms with van der Waals surface area (Å²) in [6, 6.07) is 5.95. The maximum atomic E-state index is 11.1. The van der Waals surface area contributed by atoms with E-state index in [1.807, 2.05) is 12.1 Å². The quantitative estimate of drug-likeness (QED) is 0.366. The van der Waals surface area contributed by atoms with Crippen LogP contribution in [0.5, 0.6) is 0 Å². The van der Waals surface area contributed by atoms with Crippen molar-refractivity contribution >= 4 is 46.3 Å². The van der Waals surface area contributed by atoms with Crippen molar-refractivity contribution in [3.05, 3.63) is 23.2 Å². The first kappa shape index (κ1) is 21.8. The molecule has 1 fully saturated rings. The number of anilines is 2. The lowest BCUT2D eigenvalue weighted by molar-refractivity contribution is -0.140. The Morgan fingerprint density at radius 2 is 1.93 bits per heavy atom. The second kappa shape index (κ2) is 12.0. The van der Waals surface area contributed by atoms with Crippen LogP contribution in [0.3, 0.4) is 0 Å². The normalized spacial score (nSPS) is 14.4. The van der Waals surface area contributed by atoms with Gasteiger partial charge in [-0.1, -0.05) is 30.9 Å². The van der Waals surface area contributed by atoms with E-state index in [4.69, 9.17) is 23.8 Å². The fourth-order valence-electron chi connectivity index (χ4n) is 3.24. The maximum absolute atomic E-state index is 11.1. The minimum absolute atomic E-state index is 0.151. The van der Waals surface area contributed by atoms with Crippen LogP contribution in [0, 0.1) is 0 Å². The van der Waals surface area contributed by atoms with E-state index in [2.05, 4.69) is 26.3 Å². The summed E-state index contributed by atoms with van der Waals surface area (Å²) in [6.45, 7) is 2.90. The Morgan fingerprint density at radius 3 is 2.63 bits per heavy atom. The maximum Gasteiger partial charge on any atom is 0.305 e. The van der Waals surface area contributed by atoms with Gasteiger partial charge < -0.3 is 20.3 Å². The minimum atomic E-state index is -0.151. The molecule has 150 valence electrons. The van der Waals surface area contributed by atoms with Crippen molar-refractivity contribution in [2.45, 2.75) is 51.4 Å². The van der Waals surface area contributed by atoms with Crippen LogP contribution in [-0.2, 0) is 9.53 Å². The van der Waals surface area contributed by atoms with E-state index in [1.54, 1.807) is 0 Å². The highest BCUT2D eigenvalue weighted by molar-refractivity contribution is 7.80. The van der Waals surface area contributed by atoms with Crippen molar-refractivity contribution in [3.8, 4) is 0 Å². The molecule has 0 saturated carbocycles. The van der Waals surface area contributed by atoms with Crippen LogP contribution >= 0.6 is 23.8 Å². The third-order valence-electron chi connectivity index (χ3n) is 4.72. The molecule has 0 radical (unpaired) electrons. The summed E-state index contributed by atoms with van der Waals surface area (Å²) in [6.07, 6.45) is 8.25. The third-order valence-corrected chi connectivity index (χ3v) is 5.21. The number of carbonyl (C=O) groups is 1. The molecule has 2 N–H and O–H groups in total. The fraction of sp³-hybridized carbons (Fsp3) is 0.600. The molecule has 7 heteroatoms. The van der Waals surface area contributed by atoms with Crippen LogP contribution in [0.25, 0.3) is 0 Å². The van der Waals surface area contributed by atoms with Crippen LogP contribution in [0.4, 0.5) is 11.4 Å². The third kappa shape index (κ3) is 7.93.